The number of nitrogen functional groups attached to an aromatic ring is 1. The van der Waals surface area contributed by atoms with E-state index < -0.39 is 17.9 Å². The van der Waals surface area contributed by atoms with Crippen LogP contribution >= 0.6 is 0 Å². The molecule has 18 heavy (non-hydrogen) atoms. The third-order valence-electron chi connectivity index (χ3n) is 2.93. The molecule has 0 radical (unpaired) electrons. The molecule has 0 amide bonds. The molecule has 1 saturated heterocycles. The summed E-state index contributed by atoms with van der Waals surface area (Å²) in [5, 5.41) is 0. The molecular weight excluding hydrogens is 252 g/mol. The second kappa shape index (κ2) is 4.58. The Morgan fingerprint density at radius 3 is 2.78 bits per heavy atom. The van der Waals surface area contributed by atoms with Gasteiger partial charge in [0.05, 0.1) is 12.1 Å². The van der Waals surface area contributed by atoms with Crippen LogP contribution in [0.4, 0.5) is 29.3 Å². The maximum Gasteiger partial charge on any atom is 0.393 e. The summed E-state index contributed by atoms with van der Waals surface area (Å²) >= 11 is 0. The van der Waals surface area contributed by atoms with Crippen LogP contribution in [-0.2, 0) is 0 Å². The number of alkyl halides is 3. The lowest BCUT2D eigenvalue weighted by molar-refractivity contribution is -0.176. The number of hydrogen-bond acceptors (Lipinski definition) is 4. The molecule has 2 N–H and O–H groups in total. The van der Waals surface area contributed by atoms with Gasteiger partial charge < -0.3 is 10.6 Å². The van der Waals surface area contributed by atoms with Crippen molar-refractivity contribution in [3.8, 4) is 0 Å². The van der Waals surface area contributed by atoms with Crippen molar-refractivity contribution in [1.82, 2.24) is 9.97 Å². The number of hydrogen-bond donors (Lipinski definition) is 1. The summed E-state index contributed by atoms with van der Waals surface area (Å²) in [6.07, 6.45) is -3.00. The SMILES string of the molecule is Nc1ncc(F)c(N2CCCC(C(F)(F)F)C2)n1. The van der Waals surface area contributed by atoms with Gasteiger partial charge in [-0.25, -0.2) is 9.37 Å². The second-order valence-electron chi connectivity index (χ2n) is 4.23. The molecule has 1 fully saturated rings. The third-order valence-corrected chi connectivity index (χ3v) is 2.93. The highest BCUT2D eigenvalue weighted by Crippen LogP contribution is 2.34. The maximum absolute atomic E-state index is 13.5. The molecule has 0 spiro atoms. The minimum Gasteiger partial charge on any atom is -0.368 e. The summed E-state index contributed by atoms with van der Waals surface area (Å²) in [5.41, 5.74) is 5.32. The molecule has 0 aliphatic carbocycles. The fraction of sp³-hybridized carbons (Fsp3) is 0.600. The first kappa shape index (κ1) is 12.8. The molecule has 8 heteroatoms. The first-order valence-corrected chi connectivity index (χ1v) is 5.47. The van der Waals surface area contributed by atoms with E-state index in [2.05, 4.69) is 9.97 Å². The number of nitrogens with two attached hydrogens (primary N) is 1. The Morgan fingerprint density at radius 1 is 1.39 bits per heavy atom. The molecule has 0 aromatic carbocycles. The molecule has 4 nitrogen and oxygen atoms in total. The molecule has 1 atom stereocenters. The van der Waals surface area contributed by atoms with Crippen molar-refractivity contribution in [3.05, 3.63) is 12.0 Å². The Balaban J connectivity index is 2.21. The first-order valence-electron chi connectivity index (χ1n) is 5.47. The smallest absolute Gasteiger partial charge is 0.368 e. The van der Waals surface area contributed by atoms with Crippen LogP contribution in [0.15, 0.2) is 6.20 Å². The van der Waals surface area contributed by atoms with E-state index in [1.165, 1.54) is 4.90 Å². The summed E-state index contributed by atoms with van der Waals surface area (Å²) in [4.78, 5) is 8.38. The third kappa shape index (κ3) is 2.62. The molecule has 1 aliphatic rings. The molecule has 2 rings (SSSR count). The first-order chi connectivity index (χ1) is 8.38. The van der Waals surface area contributed by atoms with E-state index in [9.17, 15) is 17.6 Å². The molecule has 1 aromatic heterocycles. The Kier molecular flexibility index (Phi) is 3.27. The normalized spacial score (nSPS) is 21.1. The van der Waals surface area contributed by atoms with Crippen LogP contribution in [0.3, 0.4) is 0 Å². The number of nitrogens with zero attached hydrogens (tertiary/aromatic N) is 3. The van der Waals surface area contributed by atoms with Gasteiger partial charge in [-0.3, -0.25) is 0 Å². The zero-order chi connectivity index (χ0) is 13.3. The van der Waals surface area contributed by atoms with Gasteiger partial charge in [-0.1, -0.05) is 0 Å². The van der Waals surface area contributed by atoms with Gasteiger partial charge in [0, 0.05) is 13.1 Å². The van der Waals surface area contributed by atoms with Crippen molar-refractivity contribution in [3.63, 3.8) is 0 Å². The van der Waals surface area contributed by atoms with E-state index in [4.69, 9.17) is 5.73 Å². The molecule has 100 valence electrons. The highest BCUT2D eigenvalue weighted by Gasteiger charge is 2.42. The largest absolute Gasteiger partial charge is 0.393 e. The van der Waals surface area contributed by atoms with Crippen LogP contribution in [0.25, 0.3) is 0 Å². The lowest BCUT2D eigenvalue weighted by atomic mass is 9.97. The van der Waals surface area contributed by atoms with Crippen molar-refractivity contribution in [2.24, 2.45) is 5.92 Å². The minimum atomic E-state index is -4.27. The topological polar surface area (TPSA) is 55.0 Å². The van der Waals surface area contributed by atoms with E-state index in [0.29, 0.717) is 13.0 Å². The average molecular weight is 264 g/mol. The van der Waals surface area contributed by atoms with Crippen molar-refractivity contribution < 1.29 is 17.6 Å². The van der Waals surface area contributed by atoms with Crippen molar-refractivity contribution >= 4 is 11.8 Å². The van der Waals surface area contributed by atoms with Gasteiger partial charge in [0.25, 0.3) is 0 Å². The Labute approximate surface area is 101 Å². The maximum atomic E-state index is 13.5. The fourth-order valence-electron chi connectivity index (χ4n) is 2.03. The lowest BCUT2D eigenvalue weighted by Crippen LogP contribution is -2.42. The number of piperidine rings is 1. The van der Waals surface area contributed by atoms with Crippen LogP contribution in [0.2, 0.25) is 0 Å². The molecule has 2 heterocycles. The summed E-state index contributed by atoms with van der Waals surface area (Å²) in [6.45, 7) is 0.0385. The molecule has 1 unspecified atom stereocenters. The molecule has 1 aliphatic heterocycles. The van der Waals surface area contributed by atoms with Crippen molar-refractivity contribution in [1.29, 1.82) is 0 Å². The quantitative estimate of drug-likeness (QED) is 0.788. The summed E-state index contributed by atoms with van der Waals surface area (Å²) < 4.78 is 51.4. The molecular formula is C10H12F4N4. The van der Waals surface area contributed by atoms with Crippen LogP contribution in [0.5, 0.6) is 0 Å². The monoisotopic (exact) mass is 264 g/mol. The van der Waals surface area contributed by atoms with Gasteiger partial charge in [0.1, 0.15) is 0 Å². The number of aromatic nitrogens is 2. The molecule has 0 bridgehead atoms. The van der Waals surface area contributed by atoms with E-state index in [0.717, 1.165) is 6.20 Å². The van der Waals surface area contributed by atoms with Gasteiger partial charge in [-0.05, 0) is 12.8 Å². The number of halogens is 4. The van der Waals surface area contributed by atoms with Crippen molar-refractivity contribution in [2.75, 3.05) is 23.7 Å². The van der Waals surface area contributed by atoms with E-state index in [-0.39, 0.29) is 24.7 Å². The fourth-order valence-corrected chi connectivity index (χ4v) is 2.03. The predicted octanol–water partition coefficient (Wildman–Crippen LogP) is 1.98. The zero-order valence-electron chi connectivity index (χ0n) is 9.41. The van der Waals surface area contributed by atoms with Gasteiger partial charge in [0.2, 0.25) is 5.95 Å². The number of anilines is 2. The highest BCUT2D eigenvalue weighted by molar-refractivity contribution is 5.43. The highest BCUT2D eigenvalue weighted by atomic mass is 19.4. The van der Waals surface area contributed by atoms with Gasteiger partial charge in [-0.15, -0.1) is 0 Å². The summed E-state index contributed by atoms with van der Waals surface area (Å²) in [7, 11) is 0. The van der Waals surface area contributed by atoms with Crippen LogP contribution in [0, 0.1) is 11.7 Å². The molecule has 0 saturated carbocycles. The van der Waals surface area contributed by atoms with E-state index in [1.54, 1.807) is 0 Å². The summed E-state index contributed by atoms with van der Waals surface area (Å²) in [6, 6.07) is 0. The van der Waals surface area contributed by atoms with Crippen LogP contribution in [0.1, 0.15) is 12.8 Å². The van der Waals surface area contributed by atoms with E-state index >= 15 is 0 Å². The standard InChI is InChI=1S/C10H12F4N4/c11-7-4-16-9(15)17-8(7)18-3-1-2-6(5-18)10(12,13)14/h4,6H,1-3,5H2,(H2,15,16,17). The van der Waals surface area contributed by atoms with Gasteiger partial charge in [0.15, 0.2) is 11.6 Å². The van der Waals surface area contributed by atoms with Crippen LogP contribution < -0.4 is 10.6 Å². The van der Waals surface area contributed by atoms with Gasteiger partial charge in [-0.2, -0.15) is 18.2 Å². The number of rotatable bonds is 1. The van der Waals surface area contributed by atoms with Gasteiger partial charge >= 0.3 is 6.18 Å². The predicted molar refractivity (Wildman–Crippen MR) is 57.4 cm³/mol. The Morgan fingerprint density at radius 2 is 2.11 bits per heavy atom. The second-order valence-corrected chi connectivity index (χ2v) is 4.23. The van der Waals surface area contributed by atoms with E-state index in [1.807, 2.05) is 0 Å². The summed E-state index contributed by atoms with van der Waals surface area (Å²) in [5.74, 6) is -2.52. The molecule has 1 aromatic rings. The Bertz CT molecular complexity index is 434. The van der Waals surface area contributed by atoms with Crippen molar-refractivity contribution in [2.45, 2.75) is 19.0 Å². The zero-order valence-corrected chi connectivity index (χ0v) is 9.41. The lowest BCUT2D eigenvalue weighted by Gasteiger charge is -2.34. The minimum absolute atomic E-state index is 0.0577. The average Bonchev–Trinajstić information content (AvgIpc) is 2.31. The van der Waals surface area contributed by atoms with Crippen LogP contribution in [-0.4, -0.2) is 29.2 Å². The Hall–Kier alpha value is -1.60.